The van der Waals surface area contributed by atoms with Gasteiger partial charge >= 0.3 is 0 Å². The Kier molecular flexibility index (Phi) is 6.64. The molecular weight excluding hydrogens is 467 g/mol. The van der Waals surface area contributed by atoms with E-state index in [1.54, 1.807) is 18.1 Å². The largest absolute Gasteiger partial charge is 0.378 e. The van der Waals surface area contributed by atoms with Gasteiger partial charge in [-0.15, -0.1) is 11.3 Å². The molecule has 1 saturated heterocycles. The van der Waals surface area contributed by atoms with Crippen molar-refractivity contribution in [2.45, 2.75) is 38.0 Å². The summed E-state index contributed by atoms with van der Waals surface area (Å²) in [5.74, 6) is -0.574. The van der Waals surface area contributed by atoms with Crippen LogP contribution in [-0.4, -0.2) is 58.1 Å². The van der Waals surface area contributed by atoms with E-state index < -0.39 is 18.1 Å². The van der Waals surface area contributed by atoms with Gasteiger partial charge in [0.1, 0.15) is 17.1 Å². The molecule has 2 aliphatic rings. The molecule has 2 atom stereocenters. The number of carbonyl (C=O) groups excluding carboxylic acids is 2. The van der Waals surface area contributed by atoms with Crippen molar-refractivity contribution in [1.29, 1.82) is 0 Å². The molecule has 1 aromatic heterocycles. The lowest BCUT2D eigenvalue weighted by molar-refractivity contribution is -0.132. The van der Waals surface area contributed by atoms with Crippen LogP contribution in [0.25, 0.3) is 10.6 Å². The molecule has 9 heteroatoms. The van der Waals surface area contributed by atoms with Gasteiger partial charge in [-0.2, -0.15) is 0 Å². The Labute approximate surface area is 207 Å². The zero-order valence-electron chi connectivity index (χ0n) is 19.4. The van der Waals surface area contributed by atoms with Crippen LogP contribution in [0.1, 0.15) is 35.6 Å². The molecular formula is C26H27FN4O3S. The predicted molar refractivity (Wildman–Crippen MR) is 132 cm³/mol. The first-order valence-corrected chi connectivity index (χ1v) is 12.5. The van der Waals surface area contributed by atoms with E-state index in [9.17, 15) is 19.1 Å². The summed E-state index contributed by atoms with van der Waals surface area (Å²) < 4.78 is 14.7. The van der Waals surface area contributed by atoms with E-state index in [-0.39, 0.29) is 18.2 Å². The molecule has 0 saturated carbocycles. The van der Waals surface area contributed by atoms with Crippen molar-refractivity contribution in [3.63, 3.8) is 0 Å². The third-order valence-electron chi connectivity index (χ3n) is 6.74. The minimum Gasteiger partial charge on any atom is -0.378 e. The molecule has 0 spiro atoms. The first kappa shape index (κ1) is 23.6. The summed E-state index contributed by atoms with van der Waals surface area (Å²) in [6, 6.07) is 9.91. The van der Waals surface area contributed by atoms with Crippen molar-refractivity contribution >= 4 is 28.8 Å². The molecule has 5 rings (SSSR count). The number of aliphatic hydroxyl groups excluding tert-OH is 1. The van der Waals surface area contributed by atoms with Gasteiger partial charge in [-0.3, -0.25) is 14.5 Å². The van der Waals surface area contributed by atoms with Crippen LogP contribution in [-0.2, 0) is 22.4 Å². The van der Waals surface area contributed by atoms with Gasteiger partial charge in [0.15, 0.2) is 0 Å². The van der Waals surface area contributed by atoms with Gasteiger partial charge in [-0.25, -0.2) is 9.37 Å². The number of carbonyl (C=O) groups is 2. The molecule has 182 valence electrons. The van der Waals surface area contributed by atoms with Gasteiger partial charge in [0.2, 0.25) is 11.8 Å². The van der Waals surface area contributed by atoms with Crippen LogP contribution >= 0.6 is 11.3 Å². The number of likely N-dealkylation sites (tertiary alicyclic amines) is 1. The Bertz CT molecular complexity index is 1250. The van der Waals surface area contributed by atoms with Crippen LogP contribution in [0.2, 0.25) is 0 Å². The lowest BCUT2D eigenvalue weighted by Crippen LogP contribution is -2.41. The average Bonchev–Trinajstić information content (AvgIpc) is 3.57. The van der Waals surface area contributed by atoms with Gasteiger partial charge in [-0.05, 0) is 53.8 Å². The number of hydrogen-bond acceptors (Lipinski definition) is 6. The zero-order valence-corrected chi connectivity index (χ0v) is 20.2. The number of aliphatic hydroxyl groups is 1. The quantitative estimate of drug-likeness (QED) is 0.524. The zero-order chi connectivity index (χ0) is 24.5. The van der Waals surface area contributed by atoms with E-state index in [0.717, 1.165) is 29.8 Å². The fourth-order valence-electron chi connectivity index (χ4n) is 4.83. The van der Waals surface area contributed by atoms with Crippen LogP contribution in [0.4, 0.5) is 10.1 Å². The third kappa shape index (κ3) is 5.12. The molecule has 2 amide bonds. The van der Waals surface area contributed by atoms with Gasteiger partial charge in [0.25, 0.3) is 0 Å². The summed E-state index contributed by atoms with van der Waals surface area (Å²) in [7, 11) is 1.72. The molecule has 2 N–H and O–H groups in total. The number of anilines is 1. The van der Waals surface area contributed by atoms with E-state index in [1.165, 1.54) is 23.5 Å². The predicted octanol–water partition coefficient (Wildman–Crippen LogP) is 3.60. The molecule has 3 aromatic rings. The first-order chi connectivity index (χ1) is 16.9. The Morgan fingerprint density at radius 1 is 1.34 bits per heavy atom. The number of amides is 2. The maximum Gasteiger partial charge on any atom is 0.228 e. The molecule has 7 nitrogen and oxygen atoms in total. The highest BCUT2D eigenvalue weighted by molar-refractivity contribution is 7.13. The summed E-state index contributed by atoms with van der Waals surface area (Å²) in [4.78, 5) is 33.0. The number of nitrogens with one attached hydrogen (secondary N) is 1. The highest BCUT2D eigenvalue weighted by Gasteiger charge is 2.30. The van der Waals surface area contributed by atoms with E-state index in [1.807, 2.05) is 34.5 Å². The highest BCUT2D eigenvalue weighted by Crippen LogP contribution is 2.31. The maximum atomic E-state index is 14.7. The minimum atomic E-state index is -0.576. The number of aromatic nitrogens is 1. The number of benzene rings is 2. The standard InChI is InChI=1S/C26H27FN4O3S/c1-30(25(34)10-16-4-5-17-14-23(32)29-21(17)9-16)22(15-31-7-2-3-24(31)33)18-11-19(13-20(27)12-18)26-28-6-8-35-26/h4-6,8-9,11-13,22,24,33H,2-3,7,10,14-15H2,1H3,(H,29,32)/t22-,24?/m1/s1. The number of nitrogens with zero attached hydrogens (tertiary/aromatic N) is 3. The minimum absolute atomic E-state index is 0.0491. The number of fused-ring (bicyclic) bond motifs is 1. The van der Waals surface area contributed by atoms with Crippen molar-refractivity contribution in [3.8, 4) is 10.6 Å². The maximum absolute atomic E-state index is 14.7. The van der Waals surface area contributed by atoms with Crippen molar-refractivity contribution in [2.24, 2.45) is 0 Å². The van der Waals surface area contributed by atoms with Gasteiger partial charge in [0, 0.05) is 43.0 Å². The molecule has 0 aliphatic carbocycles. The lowest BCUT2D eigenvalue weighted by Gasteiger charge is -2.33. The van der Waals surface area contributed by atoms with Crippen LogP contribution in [0.15, 0.2) is 48.0 Å². The molecule has 1 fully saturated rings. The van der Waals surface area contributed by atoms with Crippen LogP contribution in [0.5, 0.6) is 0 Å². The SMILES string of the molecule is CN(C(=O)Cc1ccc2c(c1)NC(=O)C2)[C@H](CN1CCCC1O)c1cc(F)cc(-c2nccs2)c1. The number of halogens is 1. The average molecular weight is 495 g/mol. The number of likely N-dealkylation sites (N-methyl/N-ethyl adjacent to an activating group) is 1. The normalized spacial score (nSPS) is 18.4. The Balaban J connectivity index is 1.42. The summed E-state index contributed by atoms with van der Waals surface area (Å²) in [6.07, 6.45) is 3.15. The topological polar surface area (TPSA) is 85.8 Å². The fraction of sp³-hybridized carbons (Fsp3) is 0.346. The number of thiazole rings is 1. The van der Waals surface area contributed by atoms with E-state index in [0.29, 0.717) is 35.5 Å². The second-order valence-electron chi connectivity index (χ2n) is 9.14. The van der Waals surface area contributed by atoms with Gasteiger partial charge in [-0.1, -0.05) is 12.1 Å². The summed E-state index contributed by atoms with van der Waals surface area (Å²) in [6.45, 7) is 1.11. The molecule has 2 aliphatic heterocycles. The number of hydrogen-bond donors (Lipinski definition) is 2. The van der Waals surface area contributed by atoms with E-state index in [2.05, 4.69) is 10.3 Å². The Morgan fingerprint density at radius 3 is 2.94 bits per heavy atom. The van der Waals surface area contributed by atoms with Crippen molar-refractivity contribution in [3.05, 3.63) is 70.5 Å². The molecule has 0 bridgehead atoms. The van der Waals surface area contributed by atoms with Gasteiger partial charge in [0.05, 0.1) is 18.9 Å². The van der Waals surface area contributed by atoms with Crippen molar-refractivity contribution < 1.29 is 19.1 Å². The number of rotatable bonds is 7. The summed E-state index contributed by atoms with van der Waals surface area (Å²) >= 11 is 1.43. The van der Waals surface area contributed by atoms with Crippen molar-refractivity contribution in [1.82, 2.24) is 14.8 Å². The molecule has 35 heavy (non-hydrogen) atoms. The fourth-order valence-corrected chi connectivity index (χ4v) is 5.46. The monoisotopic (exact) mass is 494 g/mol. The lowest BCUT2D eigenvalue weighted by atomic mass is 10.0. The highest BCUT2D eigenvalue weighted by atomic mass is 32.1. The Hall–Kier alpha value is -3.14. The molecule has 0 radical (unpaired) electrons. The third-order valence-corrected chi connectivity index (χ3v) is 7.56. The molecule has 1 unspecified atom stereocenters. The van der Waals surface area contributed by atoms with Crippen LogP contribution < -0.4 is 5.32 Å². The summed E-state index contributed by atoms with van der Waals surface area (Å²) in [5, 5.41) is 15.8. The van der Waals surface area contributed by atoms with E-state index in [4.69, 9.17) is 0 Å². The van der Waals surface area contributed by atoms with Crippen molar-refractivity contribution in [2.75, 3.05) is 25.5 Å². The van der Waals surface area contributed by atoms with Crippen LogP contribution in [0.3, 0.4) is 0 Å². The second-order valence-corrected chi connectivity index (χ2v) is 10.0. The smallest absolute Gasteiger partial charge is 0.228 e. The summed E-state index contributed by atoms with van der Waals surface area (Å²) in [5.41, 5.74) is 3.79. The molecule has 3 heterocycles. The van der Waals surface area contributed by atoms with Crippen LogP contribution in [0, 0.1) is 5.82 Å². The Morgan fingerprint density at radius 2 is 2.20 bits per heavy atom. The van der Waals surface area contributed by atoms with Gasteiger partial charge < -0.3 is 15.3 Å². The van der Waals surface area contributed by atoms with E-state index >= 15 is 0 Å². The molecule has 2 aromatic carbocycles. The second kappa shape index (κ2) is 9.85. The first-order valence-electron chi connectivity index (χ1n) is 11.7.